The highest BCUT2D eigenvalue weighted by molar-refractivity contribution is 6.36. The van der Waals surface area contributed by atoms with Gasteiger partial charge in [-0.15, -0.1) is 0 Å². The van der Waals surface area contributed by atoms with Crippen LogP contribution in [0.15, 0.2) is 36.4 Å². The van der Waals surface area contributed by atoms with Crippen LogP contribution in [0.3, 0.4) is 0 Å². The first kappa shape index (κ1) is 37.7. The van der Waals surface area contributed by atoms with E-state index in [4.69, 9.17) is 21.6 Å². The second-order valence-corrected chi connectivity index (χ2v) is 15.6. The van der Waals surface area contributed by atoms with Crippen LogP contribution >= 0.6 is 11.6 Å². The molecule has 2 aliphatic heterocycles. The van der Waals surface area contributed by atoms with Gasteiger partial charge in [0.15, 0.2) is 11.6 Å². The van der Waals surface area contributed by atoms with Gasteiger partial charge >= 0.3 is 5.97 Å². The molecule has 0 unspecified atom stereocenters. The average Bonchev–Trinajstić information content (AvgIpc) is 3.65. The van der Waals surface area contributed by atoms with Crippen molar-refractivity contribution in [2.24, 2.45) is 25.9 Å². The summed E-state index contributed by atoms with van der Waals surface area (Å²) in [6.07, 6.45) is 4.41. The number of carboxylic acids is 1. The van der Waals surface area contributed by atoms with E-state index in [2.05, 4.69) is 20.4 Å². The van der Waals surface area contributed by atoms with E-state index in [1.165, 1.54) is 0 Å². The highest BCUT2D eigenvalue weighted by Crippen LogP contribution is 2.38. The van der Waals surface area contributed by atoms with Gasteiger partial charge in [0.2, 0.25) is 0 Å². The van der Waals surface area contributed by atoms with E-state index < -0.39 is 12.1 Å². The second-order valence-electron chi connectivity index (χ2n) is 15.2. The highest BCUT2D eigenvalue weighted by Gasteiger charge is 2.31. The molecule has 4 aromatic rings. The van der Waals surface area contributed by atoms with Crippen LogP contribution < -0.4 is 10.6 Å². The van der Waals surface area contributed by atoms with Crippen molar-refractivity contribution in [2.75, 3.05) is 36.8 Å². The normalized spacial score (nSPS) is 19.5. The molecule has 14 heteroatoms. The molecule has 13 nitrogen and oxygen atoms in total. The van der Waals surface area contributed by atoms with Crippen molar-refractivity contribution >= 4 is 40.8 Å². The van der Waals surface area contributed by atoms with Crippen LogP contribution in [0.4, 0.5) is 11.4 Å². The zero-order valence-corrected chi connectivity index (χ0v) is 32.1. The van der Waals surface area contributed by atoms with E-state index >= 15 is 0 Å². The Balaban J connectivity index is 1.03. The molecular formula is C40H49ClN8O5. The van der Waals surface area contributed by atoms with Crippen molar-refractivity contribution in [1.29, 1.82) is 0 Å². The zero-order chi connectivity index (χ0) is 38.3. The number of carbonyl (C=O) groups excluding carboxylic acids is 2. The number of carbonyl (C=O) groups is 3. The molecule has 0 bridgehead atoms. The molecule has 1 aliphatic carbocycles. The Labute approximate surface area is 320 Å². The Morgan fingerprint density at radius 3 is 1.96 bits per heavy atom. The Morgan fingerprint density at radius 1 is 0.833 bits per heavy atom. The number of β-amino-alcohol motifs (C(OH)–C–C–N with tert-alkyl or cyclic N) is 1. The zero-order valence-electron chi connectivity index (χ0n) is 31.4. The van der Waals surface area contributed by atoms with Gasteiger partial charge in [0.25, 0.3) is 11.8 Å². The van der Waals surface area contributed by atoms with E-state index in [0.717, 1.165) is 92.1 Å². The first-order chi connectivity index (χ1) is 25.9. The van der Waals surface area contributed by atoms with Gasteiger partial charge in [-0.2, -0.15) is 0 Å². The monoisotopic (exact) mass is 756 g/mol. The van der Waals surface area contributed by atoms with Gasteiger partial charge < -0.3 is 30.0 Å². The summed E-state index contributed by atoms with van der Waals surface area (Å²) >= 11 is 7.00. The Morgan fingerprint density at radius 2 is 1.37 bits per heavy atom. The number of amides is 2. The maximum Gasteiger partial charge on any atom is 0.306 e. The number of aliphatic hydroxyl groups is 1. The summed E-state index contributed by atoms with van der Waals surface area (Å²) in [6.45, 7) is 8.06. The predicted molar refractivity (Wildman–Crippen MR) is 207 cm³/mol. The molecule has 0 radical (unpaired) electrons. The minimum Gasteiger partial charge on any atom is -0.481 e. The molecule has 1 atom stereocenters. The first-order valence-corrected chi connectivity index (χ1v) is 19.2. The van der Waals surface area contributed by atoms with Gasteiger partial charge in [-0.05, 0) is 68.7 Å². The lowest BCUT2D eigenvalue weighted by Gasteiger charge is -2.33. The number of nitrogens with one attached hydrogen (secondary N) is 2. The fourth-order valence-electron chi connectivity index (χ4n) is 8.47. The van der Waals surface area contributed by atoms with Crippen molar-refractivity contribution in [1.82, 2.24) is 28.9 Å². The SMILES string of the molecule is Cc1c(NC(=O)c2nc3c(n2C)CCN(C[C@@H](C)O)C3)cccc1-c1cccc(NC(=O)c2nc3c(n2C)CCN(CC2CCC(C(=O)O)CC2)C3)c1Cl. The molecule has 2 aromatic heterocycles. The van der Waals surface area contributed by atoms with Crippen molar-refractivity contribution in [3.8, 4) is 11.1 Å². The van der Waals surface area contributed by atoms with Crippen LogP contribution in [0.1, 0.15) is 82.2 Å². The lowest BCUT2D eigenvalue weighted by atomic mass is 9.81. The lowest BCUT2D eigenvalue weighted by molar-refractivity contribution is -0.143. The van der Waals surface area contributed by atoms with Crippen LogP contribution in [0, 0.1) is 18.8 Å². The van der Waals surface area contributed by atoms with E-state index in [1.807, 2.05) is 60.5 Å². The maximum absolute atomic E-state index is 13.7. The van der Waals surface area contributed by atoms with Crippen LogP contribution in [0.2, 0.25) is 5.02 Å². The summed E-state index contributed by atoms with van der Waals surface area (Å²) in [5.74, 6) is -0.450. The number of aromatic nitrogens is 4. The predicted octanol–water partition coefficient (Wildman–Crippen LogP) is 5.28. The molecule has 54 heavy (non-hydrogen) atoms. The minimum atomic E-state index is -0.684. The van der Waals surface area contributed by atoms with E-state index in [9.17, 15) is 24.6 Å². The number of anilines is 2. The minimum absolute atomic E-state index is 0.221. The van der Waals surface area contributed by atoms with Crippen LogP contribution in [0.25, 0.3) is 11.1 Å². The van der Waals surface area contributed by atoms with Crippen molar-refractivity contribution < 1.29 is 24.6 Å². The number of aliphatic hydroxyl groups excluding tert-OH is 1. The number of hydrogen-bond acceptors (Lipinski definition) is 8. The quantitative estimate of drug-likeness (QED) is 0.169. The standard InChI is InChI=1S/C40H49ClN8O5/c1-23(50)19-48-17-15-33-31(21-48)42-36(46(33)3)38(51)44-29-9-5-7-27(24(29)2)28-8-6-10-30(35(28)41)45-39(52)37-43-32-22-49(18-16-34(32)47(37)4)20-25-11-13-26(14-12-25)40(53)54/h5-10,23,25-26,50H,11-22H2,1-4H3,(H,44,51)(H,45,52)(H,53,54)/t23-,25?,26?/m1/s1. The molecule has 1 saturated carbocycles. The maximum atomic E-state index is 13.7. The Kier molecular flexibility index (Phi) is 10.9. The van der Waals surface area contributed by atoms with Gasteiger partial charge in [-0.3, -0.25) is 24.2 Å². The topological polar surface area (TPSA) is 158 Å². The highest BCUT2D eigenvalue weighted by atomic mass is 35.5. The molecule has 3 aliphatic rings. The van der Waals surface area contributed by atoms with Gasteiger partial charge in [0, 0.05) is 88.8 Å². The Bertz CT molecular complexity index is 2080. The third-order valence-corrected chi connectivity index (χ3v) is 11.8. The van der Waals surface area contributed by atoms with Crippen molar-refractivity contribution in [3.63, 3.8) is 0 Å². The summed E-state index contributed by atoms with van der Waals surface area (Å²) in [4.78, 5) is 52.6. The molecule has 0 spiro atoms. The fraction of sp³-hybridized carbons (Fsp3) is 0.475. The number of aliphatic carboxylic acids is 1. The molecule has 0 saturated heterocycles. The molecular weight excluding hydrogens is 708 g/mol. The lowest BCUT2D eigenvalue weighted by Crippen LogP contribution is -2.36. The van der Waals surface area contributed by atoms with Crippen LogP contribution in [-0.4, -0.2) is 89.2 Å². The van der Waals surface area contributed by atoms with Crippen LogP contribution in [-0.2, 0) is 44.8 Å². The number of rotatable bonds is 10. The molecule has 2 amide bonds. The number of benzene rings is 2. The van der Waals surface area contributed by atoms with Crippen molar-refractivity contribution in [3.05, 3.63) is 81.4 Å². The number of halogens is 1. The van der Waals surface area contributed by atoms with Gasteiger partial charge in [0.05, 0.1) is 34.1 Å². The Hall–Kier alpha value is -4.56. The number of hydrogen-bond donors (Lipinski definition) is 4. The average molecular weight is 757 g/mol. The molecule has 286 valence electrons. The third-order valence-electron chi connectivity index (χ3n) is 11.4. The van der Waals surface area contributed by atoms with Gasteiger partial charge in [-0.25, -0.2) is 9.97 Å². The van der Waals surface area contributed by atoms with Gasteiger partial charge in [0.1, 0.15) is 0 Å². The molecule has 4 heterocycles. The smallest absolute Gasteiger partial charge is 0.306 e. The number of carboxylic acid groups (broad SMARTS) is 1. The largest absolute Gasteiger partial charge is 0.481 e. The number of nitrogens with zero attached hydrogens (tertiary/aromatic N) is 6. The first-order valence-electron chi connectivity index (χ1n) is 18.8. The van der Waals surface area contributed by atoms with E-state index in [1.54, 1.807) is 13.0 Å². The van der Waals surface area contributed by atoms with Gasteiger partial charge in [-0.1, -0.05) is 35.9 Å². The summed E-state index contributed by atoms with van der Waals surface area (Å²) in [7, 11) is 3.73. The molecule has 2 aromatic carbocycles. The summed E-state index contributed by atoms with van der Waals surface area (Å²) in [6, 6.07) is 11.1. The molecule has 7 rings (SSSR count). The molecule has 1 fully saturated rings. The fourth-order valence-corrected chi connectivity index (χ4v) is 8.74. The van der Waals surface area contributed by atoms with Crippen molar-refractivity contribution in [2.45, 2.75) is 71.6 Å². The molecule has 4 N–H and O–H groups in total. The third kappa shape index (κ3) is 7.68. The number of fused-ring (bicyclic) bond motifs is 2. The summed E-state index contributed by atoms with van der Waals surface area (Å²) in [5.41, 5.74) is 7.24. The summed E-state index contributed by atoms with van der Waals surface area (Å²) < 4.78 is 3.73. The summed E-state index contributed by atoms with van der Waals surface area (Å²) in [5, 5.41) is 25.6. The number of imidazole rings is 2. The van der Waals surface area contributed by atoms with E-state index in [0.29, 0.717) is 59.2 Å². The van der Waals surface area contributed by atoms with Crippen LogP contribution in [0.5, 0.6) is 0 Å². The van der Waals surface area contributed by atoms with E-state index in [-0.39, 0.29) is 17.7 Å². The second kappa shape index (κ2) is 15.7.